The minimum atomic E-state index is -0.208. The number of thiophene rings is 1. The molecule has 0 saturated carbocycles. The molecular weight excluding hydrogens is 296 g/mol. The van der Waals surface area contributed by atoms with Crippen molar-refractivity contribution in [2.45, 2.75) is 20.3 Å². The summed E-state index contributed by atoms with van der Waals surface area (Å²) < 4.78 is 0. The van der Waals surface area contributed by atoms with Gasteiger partial charge in [-0.25, -0.2) is 0 Å². The van der Waals surface area contributed by atoms with Crippen molar-refractivity contribution in [1.29, 1.82) is 0 Å². The summed E-state index contributed by atoms with van der Waals surface area (Å²) >= 11 is 1.55. The number of allylic oxidation sites excluding steroid dienone is 1. The lowest BCUT2D eigenvalue weighted by Crippen LogP contribution is -2.16. The molecule has 114 valence electrons. The molecule has 0 aliphatic heterocycles. The molecule has 2 amide bonds. The highest BCUT2D eigenvalue weighted by atomic mass is 32.1. The van der Waals surface area contributed by atoms with E-state index in [1.54, 1.807) is 23.5 Å². The van der Waals surface area contributed by atoms with Gasteiger partial charge in [0.2, 0.25) is 11.8 Å². The third-order valence-electron chi connectivity index (χ3n) is 2.79. The van der Waals surface area contributed by atoms with E-state index in [2.05, 4.69) is 10.6 Å². The van der Waals surface area contributed by atoms with Crippen LogP contribution in [0.4, 0.5) is 11.4 Å². The Morgan fingerprint density at radius 3 is 2.32 bits per heavy atom. The molecule has 0 radical (unpaired) electrons. The van der Waals surface area contributed by atoms with Crippen LogP contribution in [0.15, 0.2) is 53.4 Å². The van der Waals surface area contributed by atoms with Crippen molar-refractivity contribution in [2.75, 3.05) is 10.6 Å². The van der Waals surface area contributed by atoms with Gasteiger partial charge < -0.3 is 10.6 Å². The molecule has 5 heteroatoms. The highest BCUT2D eigenvalue weighted by Crippen LogP contribution is 2.21. The molecule has 0 unspecified atom stereocenters. The van der Waals surface area contributed by atoms with Crippen LogP contribution in [0.5, 0.6) is 0 Å². The van der Waals surface area contributed by atoms with Crippen molar-refractivity contribution in [3.63, 3.8) is 0 Å². The van der Waals surface area contributed by atoms with Gasteiger partial charge in [-0.05, 0) is 37.4 Å². The van der Waals surface area contributed by atoms with Crippen LogP contribution in [0.3, 0.4) is 0 Å². The zero-order valence-electron chi connectivity index (χ0n) is 12.6. The Morgan fingerprint density at radius 1 is 1.05 bits per heavy atom. The van der Waals surface area contributed by atoms with Gasteiger partial charge in [-0.1, -0.05) is 23.8 Å². The highest BCUT2D eigenvalue weighted by molar-refractivity contribution is 7.10. The minimum Gasteiger partial charge on any atom is -0.324 e. The van der Waals surface area contributed by atoms with E-state index in [-0.39, 0.29) is 11.8 Å². The molecule has 2 N–H and O–H groups in total. The smallest absolute Gasteiger partial charge is 0.248 e. The molecule has 0 atom stereocenters. The number of amides is 2. The van der Waals surface area contributed by atoms with Gasteiger partial charge in [0.15, 0.2) is 0 Å². The van der Waals surface area contributed by atoms with Gasteiger partial charge in [0.05, 0.1) is 17.8 Å². The molecule has 1 aromatic heterocycles. The first-order chi connectivity index (χ1) is 10.5. The van der Waals surface area contributed by atoms with E-state index in [1.165, 1.54) is 6.08 Å². The molecule has 0 fully saturated rings. The summed E-state index contributed by atoms with van der Waals surface area (Å²) in [4.78, 5) is 24.9. The number of para-hydroxylation sites is 2. The maximum atomic E-state index is 12.1. The largest absolute Gasteiger partial charge is 0.324 e. The van der Waals surface area contributed by atoms with Crippen molar-refractivity contribution in [2.24, 2.45) is 0 Å². The van der Waals surface area contributed by atoms with E-state index >= 15 is 0 Å². The Labute approximate surface area is 133 Å². The topological polar surface area (TPSA) is 58.2 Å². The van der Waals surface area contributed by atoms with Crippen LogP contribution in [0.25, 0.3) is 0 Å². The Hall–Kier alpha value is -2.40. The average Bonchev–Trinajstić information content (AvgIpc) is 2.92. The van der Waals surface area contributed by atoms with Crippen LogP contribution in [-0.4, -0.2) is 11.8 Å². The number of nitrogens with one attached hydrogen (secondary N) is 2. The second kappa shape index (κ2) is 7.56. The predicted octanol–water partition coefficient (Wildman–Crippen LogP) is 3.83. The monoisotopic (exact) mass is 314 g/mol. The second-order valence-corrected chi connectivity index (χ2v) is 6.09. The Bertz CT molecular complexity index is 686. The van der Waals surface area contributed by atoms with Crippen LogP contribution in [0.1, 0.15) is 18.7 Å². The van der Waals surface area contributed by atoms with Crippen molar-refractivity contribution in [1.82, 2.24) is 0 Å². The number of hydrogen-bond acceptors (Lipinski definition) is 3. The maximum Gasteiger partial charge on any atom is 0.248 e. The highest BCUT2D eigenvalue weighted by Gasteiger charge is 2.09. The zero-order chi connectivity index (χ0) is 15.9. The van der Waals surface area contributed by atoms with Gasteiger partial charge in [-0.3, -0.25) is 9.59 Å². The fourth-order valence-electron chi connectivity index (χ4n) is 1.90. The standard InChI is InChI=1S/C17H18N2O2S/c1-12(2)10-16(20)18-14-7-3-4-8-15(14)19-17(21)11-13-6-5-9-22-13/h3-10H,11H2,1-2H3,(H,18,20)(H,19,21). The molecule has 1 heterocycles. The number of hydrogen-bond donors (Lipinski definition) is 2. The maximum absolute atomic E-state index is 12.1. The lowest BCUT2D eigenvalue weighted by molar-refractivity contribution is -0.115. The van der Waals surface area contributed by atoms with E-state index in [0.29, 0.717) is 17.8 Å². The summed E-state index contributed by atoms with van der Waals surface area (Å²) in [5, 5.41) is 7.56. The van der Waals surface area contributed by atoms with Crippen LogP contribution in [-0.2, 0) is 16.0 Å². The number of carbonyl (C=O) groups is 2. The van der Waals surface area contributed by atoms with Gasteiger partial charge >= 0.3 is 0 Å². The first-order valence-corrected chi connectivity index (χ1v) is 7.79. The zero-order valence-corrected chi connectivity index (χ0v) is 13.4. The molecule has 0 saturated heterocycles. The SMILES string of the molecule is CC(C)=CC(=O)Nc1ccccc1NC(=O)Cc1cccs1. The first-order valence-electron chi connectivity index (χ1n) is 6.92. The van der Waals surface area contributed by atoms with E-state index in [1.807, 2.05) is 43.5 Å². The summed E-state index contributed by atoms with van der Waals surface area (Å²) in [7, 11) is 0. The van der Waals surface area contributed by atoms with Crippen LogP contribution >= 0.6 is 11.3 Å². The molecule has 22 heavy (non-hydrogen) atoms. The quantitative estimate of drug-likeness (QED) is 0.824. The normalized spacial score (nSPS) is 9.91. The van der Waals surface area contributed by atoms with Gasteiger partial charge in [0.25, 0.3) is 0 Å². The minimum absolute atomic E-state index is 0.105. The van der Waals surface area contributed by atoms with Crippen molar-refractivity contribution >= 4 is 34.5 Å². The molecule has 0 spiro atoms. The lowest BCUT2D eigenvalue weighted by atomic mass is 10.2. The second-order valence-electron chi connectivity index (χ2n) is 5.06. The van der Waals surface area contributed by atoms with E-state index in [0.717, 1.165) is 10.5 Å². The number of carbonyl (C=O) groups excluding carboxylic acids is 2. The van der Waals surface area contributed by atoms with Crippen molar-refractivity contribution < 1.29 is 9.59 Å². The lowest BCUT2D eigenvalue weighted by Gasteiger charge is -2.11. The van der Waals surface area contributed by atoms with E-state index < -0.39 is 0 Å². The molecule has 2 aromatic rings. The van der Waals surface area contributed by atoms with Crippen LogP contribution in [0, 0.1) is 0 Å². The molecule has 0 aliphatic carbocycles. The summed E-state index contributed by atoms with van der Waals surface area (Å²) in [5.74, 6) is -0.314. The van der Waals surface area contributed by atoms with Crippen LogP contribution in [0.2, 0.25) is 0 Å². The van der Waals surface area contributed by atoms with Gasteiger partial charge in [-0.15, -0.1) is 11.3 Å². The van der Waals surface area contributed by atoms with Gasteiger partial charge in [0, 0.05) is 11.0 Å². The van der Waals surface area contributed by atoms with Gasteiger partial charge in [0.1, 0.15) is 0 Å². The fraction of sp³-hybridized carbons (Fsp3) is 0.176. The van der Waals surface area contributed by atoms with E-state index in [4.69, 9.17) is 0 Å². The molecule has 4 nitrogen and oxygen atoms in total. The number of anilines is 2. The summed E-state index contributed by atoms with van der Waals surface area (Å²) in [6, 6.07) is 11.0. The molecular formula is C17H18N2O2S. The van der Waals surface area contributed by atoms with Crippen molar-refractivity contribution in [3.05, 3.63) is 58.3 Å². The Balaban J connectivity index is 2.06. The number of benzene rings is 1. The average molecular weight is 314 g/mol. The Kier molecular flexibility index (Phi) is 5.49. The summed E-state index contributed by atoms with van der Waals surface area (Å²) in [6.07, 6.45) is 1.85. The third kappa shape index (κ3) is 4.86. The van der Waals surface area contributed by atoms with Crippen molar-refractivity contribution in [3.8, 4) is 0 Å². The molecule has 0 aliphatic rings. The molecule has 1 aromatic carbocycles. The number of rotatable bonds is 5. The van der Waals surface area contributed by atoms with Gasteiger partial charge in [-0.2, -0.15) is 0 Å². The first kappa shape index (κ1) is 16.0. The summed E-state index contributed by atoms with van der Waals surface area (Å²) in [6.45, 7) is 3.71. The molecule has 2 rings (SSSR count). The van der Waals surface area contributed by atoms with E-state index in [9.17, 15) is 9.59 Å². The fourth-order valence-corrected chi connectivity index (χ4v) is 2.60. The third-order valence-corrected chi connectivity index (χ3v) is 3.67. The molecule has 0 bridgehead atoms. The Morgan fingerprint density at radius 2 is 1.73 bits per heavy atom. The predicted molar refractivity (Wildman–Crippen MR) is 91.2 cm³/mol. The van der Waals surface area contributed by atoms with Crippen LogP contribution < -0.4 is 10.6 Å². The summed E-state index contributed by atoms with van der Waals surface area (Å²) in [5.41, 5.74) is 2.10.